The van der Waals surface area contributed by atoms with Crippen molar-refractivity contribution in [3.8, 4) is 11.8 Å². The van der Waals surface area contributed by atoms with Crippen LogP contribution in [-0.4, -0.2) is 5.11 Å². The van der Waals surface area contributed by atoms with Crippen LogP contribution in [0.2, 0.25) is 0 Å². The van der Waals surface area contributed by atoms with E-state index in [0.29, 0.717) is 16.9 Å². The van der Waals surface area contributed by atoms with E-state index in [2.05, 4.69) is 0 Å². The molecule has 4 heteroatoms. The number of ether oxygens (including phenoxy) is 1. The van der Waals surface area contributed by atoms with Crippen molar-refractivity contribution in [3.63, 3.8) is 0 Å². The Bertz CT molecular complexity index is 721. The van der Waals surface area contributed by atoms with E-state index in [0.717, 1.165) is 24.0 Å². The molecule has 0 unspecified atom stereocenters. The second kappa shape index (κ2) is 5.55. The quantitative estimate of drug-likeness (QED) is 0.940. The fourth-order valence-electron chi connectivity index (χ4n) is 2.61. The zero-order valence-corrected chi connectivity index (χ0v) is 11.3. The van der Waals surface area contributed by atoms with Crippen molar-refractivity contribution in [1.82, 2.24) is 0 Å². The van der Waals surface area contributed by atoms with Gasteiger partial charge in [0, 0.05) is 5.56 Å². The molecule has 0 heterocycles. The molecule has 2 aromatic rings. The van der Waals surface area contributed by atoms with E-state index in [1.54, 1.807) is 6.07 Å². The van der Waals surface area contributed by atoms with Gasteiger partial charge in [-0.1, -0.05) is 6.07 Å². The number of fused-ring (bicyclic) bond motifs is 1. The minimum Gasteiger partial charge on any atom is -0.489 e. The van der Waals surface area contributed by atoms with Gasteiger partial charge in [0.1, 0.15) is 18.2 Å². The lowest BCUT2D eigenvalue weighted by Gasteiger charge is -2.10. The van der Waals surface area contributed by atoms with Gasteiger partial charge >= 0.3 is 0 Å². The number of aliphatic hydroxyl groups is 1. The molecule has 0 amide bonds. The highest BCUT2D eigenvalue weighted by atomic mass is 19.1. The molecule has 1 N–H and O–H groups in total. The van der Waals surface area contributed by atoms with Crippen molar-refractivity contribution >= 4 is 0 Å². The third kappa shape index (κ3) is 2.74. The van der Waals surface area contributed by atoms with Gasteiger partial charge in [0.15, 0.2) is 0 Å². The molecule has 0 saturated carbocycles. The van der Waals surface area contributed by atoms with Gasteiger partial charge in [-0.15, -0.1) is 0 Å². The van der Waals surface area contributed by atoms with Gasteiger partial charge in [0.2, 0.25) is 0 Å². The zero-order valence-electron chi connectivity index (χ0n) is 11.3. The number of nitrogens with zero attached hydrogens (tertiary/aromatic N) is 1. The van der Waals surface area contributed by atoms with Crippen molar-refractivity contribution in [3.05, 3.63) is 64.5 Å². The van der Waals surface area contributed by atoms with Gasteiger partial charge in [-0.2, -0.15) is 5.26 Å². The van der Waals surface area contributed by atoms with Gasteiger partial charge in [0.25, 0.3) is 0 Å². The standard InChI is InChI=1S/C17H14FNO2/c18-14-3-1-12(9-19)13(7-14)10-21-15-4-5-16-11(8-15)2-6-17(16)20/h1,3-5,7-8,17,20H,2,6,10H2/t17-/m0/s1. The minimum absolute atomic E-state index is 0.141. The molecule has 3 rings (SSSR count). The smallest absolute Gasteiger partial charge is 0.123 e. The summed E-state index contributed by atoms with van der Waals surface area (Å²) < 4.78 is 18.9. The largest absolute Gasteiger partial charge is 0.489 e. The van der Waals surface area contributed by atoms with Crippen molar-refractivity contribution in [2.24, 2.45) is 0 Å². The second-order valence-corrected chi connectivity index (χ2v) is 5.12. The van der Waals surface area contributed by atoms with Gasteiger partial charge in [-0.25, -0.2) is 4.39 Å². The zero-order chi connectivity index (χ0) is 14.8. The Morgan fingerprint density at radius 1 is 1.29 bits per heavy atom. The molecule has 106 valence electrons. The van der Waals surface area contributed by atoms with Crippen LogP contribution < -0.4 is 4.74 Å². The lowest BCUT2D eigenvalue weighted by molar-refractivity contribution is 0.180. The maximum Gasteiger partial charge on any atom is 0.123 e. The molecule has 21 heavy (non-hydrogen) atoms. The molecule has 0 aliphatic heterocycles. The van der Waals surface area contributed by atoms with E-state index in [-0.39, 0.29) is 18.5 Å². The maximum atomic E-state index is 13.2. The highest BCUT2D eigenvalue weighted by Gasteiger charge is 2.20. The monoisotopic (exact) mass is 283 g/mol. The van der Waals surface area contributed by atoms with Gasteiger partial charge < -0.3 is 9.84 Å². The van der Waals surface area contributed by atoms with Crippen LogP contribution in [0.1, 0.15) is 34.8 Å². The fourth-order valence-corrected chi connectivity index (χ4v) is 2.61. The summed E-state index contributed by atoms with van der Waals surface area (Å²) in [7, 11) is 0. The number of nitriles is 1. The molecule has 2 aromatic carbocycles. The lowest BCUT2D eigenvalue weighted by Crippen LogP contribution is -2.00. The van der Waals surface area contributed by atoms with E-state index < -0.39 is 0 Å². The average Bonchev–Trinajstić information content (AvgIpc) is 2.86. The number of halogens is 1. The van der Waals surface area contributed by atoms with Crippen LogP contribution >= 0.6 is 0 Å². The Hall–Kier alpha value is -2.38. The van der Waals surface area contributed by atoms with Gasteiger partial charge in [0.05, 0.1) is 17.7 Å². The second-order valence-electron chi connectivity index (χ2n) is 5.12. The molecular weight excluding hydrogens is 269 g/mol. The summed E-state index contributed by atoms with van der Waals surface area (Å²) in [6, 6.07) is 11.6. The Morgan fingerprint density at radius 3 is 2.95 bits per heavy atom. The van der Waals surface area contributed by atoms with Crippen LogP contribution in [0, 0.1) is 17.1 Å². The van der Waals surface area contributed by atoms with Crippen LogP contribution in [0.3, 0.4) is 0 Å². The Kier molecular flexibility index (Phi) is 3.59. The summed E-state index contributed by atoms with van der Waals surface area (Å²) in [5, 5.41) is 18.8. The van der Waals surface area contributed by atoms with E-state index in [9.17, 15) is 9.50 Å². The van der Waals surface area contributed by atoms with E-state index in [1.807, 2.05) is 18.2 Å². The lowest BCUT2D eigenvalue weighted by atomic mass is 10.1. The molecule has 0 bridgehead atoms. The SMILES string of the molecule is N#Cc1ccc(F)cc1COc1ccc2c(c1)CC[C@@H]2O. The number of aryl methyl sites for hydroxylation is 1. The summed E-state index contributed by atoms with van der Waals surface area (Å²) in [6.07, 6.45) is 1.18. The van der Waals surface area contributed by atoms with E-state index in [4.69, 9.17) is 10.00 Å². The molecular formula is C17H14FNO2. The third-order valence-electron chi connectivity index (χ3n) is 3.74. The minimum atomic E-state index is -0.387. The predicted molar refractivity (Wildman–Crippen MR) is 75.2 cm³/mol. The molecule has 0 saturated heterocycles. The normalized spacial score (nSPS) is 16.3. The summed E-state index contributed by atoms with van der Waals surface area (Å²) in [4.78, 5) is 0. The average molecular weight is 283 g/mol. The molecule has 0 fully saturated rings. The molecule has 0 aromatic heterocycles. The van der Waals surface area contributed by atoms with Crippen LogP contribution in [-0.2, 0) is 13.0 Å². The maximum absolute atomic E-state index is 13.2. The molecule has 0 spiro atoms. The molecule has 3 nitrogen and oxygen atoms in total. The van der Waals surface area contributed by atoms with E-state index in [1.165, 1.54) is 18.2 Å². The van der Waals surface area contributed by atoms with Crippen LogP contribution in [0.5, 0.6) is 5.75 Å². The molecule has 1 aliphatic rings. The van der Waals surface area contributed by atoms with Crippen LogP contribution in [0.4, 0.5) is 4.39 Å². The summed E-state index contributed by atoms with van der Waals surface area (Å²) in [5.41, 5.74) is 2.97. The number of hydrogen-bond donors (Lipinski definition) is 1. The number of aliphatic hydroxyl groups excluding tert-OH is 1. The summed E-state index contributed by atoms with van der Waals surface area (Å²) in [6.45, 7) is 0.141. The molecule has 1 aliphatic carbocycles. The summed E-state index contributed by atoms with van der Waals surface area (Å²) in [5.74, 6) is 0.278. The van der Waals surface area contributed by atoms with Gasteiger partial charge in [-0.05, 0) is 54.3 Å². The first-order valence-electron chi connectivity index (χ1n) is 6.79. The predicted octanol–water partition coefficient (Wildman–Crippen LogP) is 3.26. The van der Waals surface area contributed by atoms with E-state index >= 15 is 0 Å². The van der Waals surface area contributed by atoms with Crippen LogP contribution in [0.15, 0.2) is 36.4 Å². The number of hydrogen-bond acceptors (Lipinski definition) is 3. The fraction of sp³-hybridized carbons (Fsp3) is 0.235. The topological polar surface area (TPSA) is 53.2 Å². The number of rotatable bonds is 3. The highest BCUT2D eigenvalue weighted by molar-refractivity contribution is 5.41. The molecule has 0 radical (unpaired) electrons. The Labute approximate surface area is 122 Å². The third-order valence-corrected chi connectivity index (χ3v) is 3.74. The first-order chi connectivity index (χ1) is 10.2. The first kappa shape index (κ1) is 13.6. The summed E-state index contributed by atoms with van der Waals surface area (Å²) >= 11 is 0. The highest BCUT2D eigenvalue weighted by Crippen LogP contribution is 2.33. The van der Waals surface area contributed by atoms with Crippen molar-refractivity contribution in [2.75, 3.05) is 0 Å². The van der Waals surface area contributed by atoms with Crippen LogP contribution in [0.25, 0.3) is 0 Å². The number of benzene rings is 2. The van der Waals surface area contributed by atoms with Crippen molar-refractivity contribution in [1.29, 1.82) is 5.26 Å². The van der Waals surface area contributed by atoms with Crippen molar-refractivity contribution in [2.45, 2.75) is 25.6 Å². The van der Waals surface area contributed by atoms with Gasteiger partial charge in [-0.3, -0.25) is 0 Å². The molecule has 1 atom stereocenters. The van der Waals surface area contributed by atoms with Crippen molar-refractivity contribution < 1.29 is 14.2 Å². The Balaban J connectivity index is 1.77. The Morgan fingerprint density at radius 2 is 2.14 bits per heavy atom. The first-order valence-corrected chi connectivity index (χ1v) is 6.79.